The zero-order valence-corrected chi connectivity index (χ0v) is 7.17. The second-order valence-corrected chi connectivity index (χ2v) is 2.53. The molecule has 0 saturated heterocycles. The number of hydrogen-bond donors (Lipinski definition) is 0. The van der Waals surface area contributed by atoms with Crippen molar-refractivity contribution in [3.8, 4) is 0 Å². The average molecular weight is 164 g/mol. The number of carbonyl (C=O) groups excluding carboxylic acids is 1. The molecule has 0 unspecified atom stereocenters. The standard InChI is InChI=1S/C10H12O2/c1-3-5-8-6-7-12-10(11)9(8)4-2/h3-5H,2,6-7H2,1H3/b5-3-. The Bertz CT molecular complexity index is 259. The summed E-state index contributed by atoms with van der Waals surface area (Å²) in [5.41, 5.74) is 1.61. The van der Waals surface area contributed by atoms with Crippen LogP contribution in [0.3, 0.4) is 0 Å². The normalized spacial score (nSPS) is 18.2. The van der Waals surface area contributed by atoms with Gasteiger partial charge in [-0.3, -0.25) is 0 Å². The Morgan fingerprint density at radius 3 is 2.92 bits per heavy atom. The van der Waals surface area contributed by atoms with Crippen LogP contribution < -0.4 is 0 Å². The highest BCUT2D eigenvalue weighted by Crippen LogP contribution is 2.18. The maximum atomic E-state index is 11.1. The van der Waals surface area contributed by atoms with Gasteiger partial charge in [-0.1, -0.05) is 24.8 Å². The van der Waals surface area contributed by atoms with Gasteiger partial charge < -0.3 is 4.74 Å². The van der Waals surface area contributed by atoms with Crippen molar-refractivity contribution in [2.45, 2.75) is 13.3 Å². The van der Waals surface area contributed by atoms with Gasteiger partial charge in [-0.25, -0.2) is 4.79 Å². The van der Waals surface area contributed by atoms with Gasteiger partial charge in [-0.05, 0) is 12.5 Å². The molecule has 0 radical (unpaired) electrons. The molecule has 0 spiro atoms. The molecule has 12 heavy (non-hydrogen) atoms. The number of esters is 1. The van der Waals surface area contributed by atoms with E-state index >= 15 is 0 Å². The van der Waals surface area contributed by atoms with Gasteiger partial charge in [0, 0.05) is 6.42 Å². The van der Waals surface area contributed by atoms with Crippen LogP contribution >= 0.6 is 0 Å². The molecule has 0 bridgehead atoms. The Hall–Kier alpha value is -1.31. The van der Waals surface area contributed by atoms with Crippen molar-refractivity contribution >= 4 is 5.97 Å². The molecule has 0 fully saturated rings. The lowest BCUT2D eigenvalue weighted by molar-refractivity contribution is -0.139. The summed E-state index contributed by atoms with van der Waals surface area (Å²) >= 11 is 0. The lowest BCUT2D eigenvalue weighted by Gasteiger charge is -2.14. The highest BCUT2D eigenvalue weighted by molar-refractivity contribution is 5.93. The maximum absolute atomic E-state index is 11.1. The van der Waals surface area contributed by atoms with Crippen molar-refractivity contribution in [2.24, 2.45) is 0 Å². The first-order valence-electron chi connectivity index (χ1n) is 3.95. The van der Waals surface area contributed by atoms with E-state index < -0.39 is 0 Å². The SMILES string of the molecule is C=CC1=C(/C=C\C)CCOC1=O. The van der Waals surface area contributed by atoms with Crippen LogP contribution in [0.15, 0.2) is 36.0 Å². The van der Waals surface area contributed by atoms with Crippen molar-refractivity contribution in [3.05, 3.63) is 36.0 Å². The Morgan fingerprint density at radius 2 is 2.33 bits per heavy atom. The Morgan fingerprint density at radius 1 is 1.58 bits per heavy atom. The molecule has 0 saturated carbocycles. The summed E-state index contributed by atoms with van der Waals surface area (Å²) < 4.78 is 4.86. The molecule has 1 heterocycles. The maximum Gasteiger partial charge on any atom is 0.338 e. The van der Waals surface area contributed by atoms with E-state index in [0.717, 1.165) is 12.0 Å². The molecule has 0 aromatic carbocycles. The molecule has 0 N–H and O–H groups in total. The van der Waals surface area contributed by atoms with Crippen LogP contribution in [-0.2, 0) is 9.53 Å². The molecule has 1 aliphatic rings. The summed E-state index contributed by atoms with van der Waals surface area (Å²) in [6.07, 6.45) is 6.18. The number of cyclic esters (lactones) is 1. The van der Waals surface area contributed by atoms with Crippen LogP contribution in [0.2, 0.25) is 0 Å². The number of carbonyl (C=O) groups is 1. The van der Waals surface area contributed by atoms with Gasteiger partial charge in [-0.15, -0.1) is 0 Å². The molecule has 0 aromatic heterocycles. The Labute approximate surface area is 72.2 Å². The molecule has 2 heteroatoms. The van der Waals surface area contributed by atoms with Crippen molar-refractivity contribution in [2.75, 3.05) is 6.61 Å². The van der Waals surface area contributed by atoms with Crippen LogP contribution in [0.5, 0.6) is 0 Å². The van der Waals surface area contributed by atoms with Gasteiger partial charge in [0.05, 0.1) is 12.2 Å². The van der Waals surface area contributed by atoms with Gasteiger partial charge in [0.2, 0.25) is 0 Å². The van der Waals surface area contributed by atoms with Crippen LogP contribution in [-0.4, -0.2) is 12.6 Å². The van der Waals surface area contributed by atoms with Crippen molar-refractivity contribution in [1.29, 1.82) is 0 Å². The monoisotopic (exact) mass is 164 g/mol. The molecule has 2 nitrogen and oxygen atoms in total. The lowest BCUT2D eigenvalue weighted by Crippen LogP contribution is -2.15. The van der Waals surface area contributed by atoms with Crippen LogP contribution in [0.25, 0.3) is 0 Å². The fourth-order valence-electron chi connectivity index (χ4n) is 1.19. The summed E-state index contributed by atoms with van der Waals surface area (Å²) in [4.78, 5) is 11.1. The first-order chi connectivity index (χ1) is 5.79. The third-order valence-electron chi connectivity index (χ3n) is 1.74. The summed E-state index contributed by atoms with van der Waals surface area (Å²) in [6.45, 7) is 5.98. The van der Waals surface area contributed by atoms with Gasteiger partial charge in [0.1, 0.15) is 0 Å². The van der Waals surface area contributed by atoms with Crippen molar-refractivity contribution in [3.63, 3.8) is 0 Å². The quantitative estimate of drug-likeness (QED) is 0.583. The molecule has 0 atom stereocenters. The summed E-state index contributed by atoms with van der Waals surface area (Å²) in [7, 11) is 0. The Balaban J connectivity index is 3.01. The van der Waals surface area contributed by atoms with E-state index in [2.05, 4.69) is 6.58 Å². The first kappa shape index (κ1) is 8.78. The van der Waals surface area contributed by atoms with E-state index in [0.29, 0.717) is 12.2 Å². The topological polar surface area (TPSA) is 26.3 Å². The van der Waals surface area contributed by atoms with E-state index in [1.807, 2.05) is 19.1 Å². The number of ether oxygens (including phenoxy) is 1. The van der Waals surface area contributed by atoms with Crippen molar-refractivity contribution < 1.29 is 9.53 Å². The van der Waals surface area contributed by atoms with E-state index in [1.165, 1.54) is 0 Å². The third kappa shape index (κ3) is 1.64. The first-order valence-corrected chi connectivity index (χ1v) is 3.95. The van der Waals surface area contributed by atoms with Gasteiger partial charge in [-0.2, -0.15) is 0 Å². The van der Waals surface area contributed by atoms with Crippen LogP contribution in [0, 0.1) is 0 Å². The second kappa shape index (κ2) is 3.90. The molecule has 0 amide bonds. The van der Waals surface area contributed by atoms with E-state index in [9.17, 15) is 4.79 Å². The third-order valence-corrected chi connectivity index (χ3v) is 1.74. The molecular weight excluding hydrogens is 152 g/mol. The minimum Gasteiger partial charge on any atom is -0.462 e. The minimum absolute atomic E-state index is 0.260. The predicted octanol–water partition coefficient (Wildman–Crippen LogP) is 1.99. The van der Waals surface area contributed by atoms with E-state index in [1.54, 1.807) is 6.08 Å². The van der Waals surface area contributed by atoms with Gasteiger partial charge >= 0.3 is 5.97 Å². The zero-order valence-electron chi connectivity index (χ0n) is 7.17. The smallest absolute Gasteiger partial charge is 0.338 e. The zero-order chi connectivity index (χ0) is 8.97. The van der Waals surface area contributed by atoms with Gasteiger partial charge in [0.25, 0.3) is 0 Å². The van der Waals surface area contributed by atoms with Crippen LogP contribution in [0.4, 0.5) is 0 Å². The highest BCUT2D eigenvalue weighted by atomic mass is 16.5. The highest BCUT2D eigenvalue weighted by Gasteiger charge is 2.16. The van der Waals surface area contributed by atoms with E-state index in [-0.39, 0.29) is 5.97 Å². The van der Waals surface area contributed by atoms with Gasteiger partial charge in [0.15, 0.2) is 0 Å². The molecular formula is C10H12O2. The minimum atomic E-state index is -0.260. The van der Waals surface area contributed by atoms with E-state index in [4.69, 9.17) is 4.74 Å². The molecule has 1 aliphatic heterocycles. The molecule has 0 aromatic rings. The number of hydrogen-bond acceptors (Lipinski definition) is 2. The summed E-state index contributed by atoms with van der Waals surface area (Å²) in [5.74, 6) is -0.260. The number of rotatable bonds is 2. The average Bonchev–Trinajstić information content (AvgIpc) is 2.05. The van der Waals surface area contributed by atoms with Crippen molar-refractivity contribution in [1.82, 2.24) is 0 Å². The van der Waals surface area contributed by atoms with Crippen LogP contribution in [0.1, 0.15) is 13.3 Å². The second-order valence-electron chi connectivity index (χ2n) is 2.53. The predicted molar refractivity (Wildman–Crippen MR) is 47.6 cm³/mol. The molecule has 64 valence electrons. The summed E-state index contributed by atoms with van der Waals surface area (Å²) in [6, 6.07) is 0. The molecule has 0 aliphatic carbocycles. The fraction of sp³-hybridized carbons (Fsp3) is 0.300. The molecule has 1 rings (SSSR count). The lowest BCUT2D eigenvalue weighted by atomic mass is 10.0. The fourth-order valence-corrected chi connectivity index (χ4v) is 1.19. The summed E-state index contributed by atoms with van der Waals surface area (Å²) in [5, 5.41) is 0. The number of allylic oxidation sites excluding steroid dienone is 2. The largest absolute Gasteiger partial charge is 0.462 e. The Kier molecular flexibility index (Phi) is 2.86.